The molecule has 16 heavy (non-hydrogen) atoms. The standard InChI is InChI=1S/C12H16ClFN2/c13-10-5-4-9(14)6-12(10)16-11-3-1-2-8(11)7-15/h4-6,8,11,16H,1-3,7,15H2. The largest absolute Gasteiger partial charge is 0.381 e. The van der Waals surface area contributed by atoms with Crippen molar-refractivity contribution >= 4 is 17.3 Å². The molecule has 0 aliphatic heterocycles. The molecular weight excluding hydrogens is 227 g/mol. The van der Waals surface area contributed by atoms with Gasteiger partial charge in [0, 0.05) is 6.04 Å². The topological polar surface area (TPSA) is 38.0 Å². The molecule has 0 radical (unpaired) electrons. The zero-order chi connectivity index (χ0) is 11.5. The van der Waals surface area contributed by atoms with E-state index in [2.05, 4.69) is 5.32 Å². The van der Waals surface area contributed by atoms with Gasteiger partial charge in [0.15, 0.2) is 0 Å². The minimum Gasteiger partial charge on any atom is -0.381 e. The highest BCUT2D eigenvalue weighted by molar-refractivity contribution is 6.33. The molecule has 1 aromatic rings. The van der Waals surface area contributed by atoms with E-state index in [-0.39, 0.29) is 5.82 Å². The average Bonchev–Trinajstić information content (AvgIpc) is 2.71. The maximum absolute atomic E-state index is 13.1. The Morgan fingerprint density at radius 2 is 2.25 bits per heavy atom. The van der Waals surface area contributed by atoms with Crippen molar-refractivity contribution in [3.63, 3.8) is 0 Å². The van der Waals surface area contributed by atoms with E-state index >= 15 is 0 Å². The maximum Gasteiger partial charge on any atom is 0.125 e. The first-order chi connectivity index (χ1) is 7.70. The molecule has 2 atom stereocenters. The van der Waals surface area contributed by atoms with Gasteiger partial charge in [-0.05, 0) is 43.5 Å². The molecule has 0 amide bonds. The number of anilines is 1. The van der Waals surface area contributed by atoms with E-state index in [0.717, 1.165) is 12.8 Å². The van der Waals surface area contributed by atoms with Crippen LogP contribution in [0.15, 0.2) is 18.2 Å². The monoisotopic (exact) mass is 242 g/mol. The number of rotatable bonds is 3. The minimum atomic E-state index is -0.269. The third-order valence-corrected chi connectivity index (χ3v) is 3.56. The van der Waals surface area contributed by atoms with Gasteiger partial charge in [-0.15, -0.1) is 0 Å². The molecule has 88 valence electrons. The highest BCUT2D eigenvalue weighted by Crippen LogP contribution is 2.30. The van der Waals surface area contributed by atoms with E-state index in [1.165, 1.54) is 18.6 Å². The number of hydrogen-bond acceptors (Lipinski definition) is 2. The molecule has 1 fully saturated rings. The van der Waals surface area contributed by atoms with Crippen LogP contribution < -0.4 is 11.1 Å². The second kappa shape index (κ2) is 5.02. The quantitative estimate of drug-likeness (QED) is 0.855. The highest BCUT2D eigenvalue weighted by atomic mass is 35.5. The van der Waals surface area contributed by atoms with Crippen LogP contribution in [0.4, 0.5) is 10.1 Å². The minimum absolute atomic E-state index is 0.269. The normalized spacial score (nSPS) is 24.7. The molecule has 1 aromatic carbocycles. The molecule has 0 saturated heterocycles. The number of benzene rings is 1. The van der Waals surface area contributed by atoms with Crippen LogP contribution in [0.5, 0.6) is 0 Å². The lowest BCUT2D eigenvalue weighted by Gasteiger charge is -2.21. The van der Waals surface area contributed by atoms with E-state index in [4.69, 9.17) is 17.3 Å². The van der Waals surface area contributed by atoms with E-state index in [1.807, 2.05) is 0 Å². The number of hydrogen-bond donors (Lipinski definition) is 2. The van der Waals surface area contributed by atoms with Gasteiger partial charge in [-0.2, -0.15) is 0 Å². The summed E-state index contributed by atoms with van der Waals surface area (Å²) in [5, 5.41) is 3.86. The predicted molar refractivity (Wildman–Crippen MR) is 65.2 cm³/mol. The molecule has 1 saturated carbocycles. The third kappa shape index (κ3) is 2.47. The lowest BCUT2D eigenvalue weighted by molar-refractivity contribution is 0.516. The van der Waals surface area contributed by atoms with Gasteiger partial charge in [0.05, 0.1) is 10.7 Å². The summed E-state index contributed by atoms with van der Waals surface area (Å²) in [6.07, 6.45) is 3.39. The SMILES string of the molecule is NCC1CCCC1Nc1cc(F)ccc1Cl. The van der Waals surface area contributed by atoms with E-state index in [1.54, 1.807) is 6.07 Å². The Hall–Kier alpha value is -0.800. The van der Waals surface area contributed by atoms with Crippen molar-refractivity contribution in [3.05, 3.63) is 29.0 Å². The maximum atomic E-state index is 13.1. The van der Waals surface area contributed by atoms with Crippen LogP contribution in [0.3, 0.4) is 0 Å². The van der Waals surface area contributed by atoms with Crippen molar-refractivity contribution in [1.82, 2.24) is 0 Å². The Morgan fingerprint density at radius 1 is 1.44 bits per heavy atom. The molecule has 0 bridgehead atoms. The summed E-state index contributed by atoms with van der Waals surface area (Å²) in [5.74, 6) is 0.202. The molecule has 2 unspecified atom stereocenters. The molecule has 4 heteroatoms. The van der Waals surface area contributed by atoms with Crippen molar-refractivity contribution < 1.29 is 4.39 Å². The van der Waals surface area contributed by atoms with Gasteiger partial charge in [-0.1, -0.05) is 18.0 Å². The predicted octanol–water partition coefficient (Wildman–Crippen LogP) is 3.02. The molecule has 0 aromatic heterocycles. The van der Waals surface area contributed by atoms with Gasteiger partial charge in [0.2, 0.25) is 0 Å². The van der Waals surface area contributed by atoms with Gasteiger partial charge in [0.25, 0.3) is 0 Å². The van der Waals surface area contributed by atoms with Gasteiger partial charge in [-0.25, -0.2) is 4.39 Å². The smallest absolute Gasteiger partial charge is 0.125 e. The molecular formula is C12H16ClFN2. The van der Waals surface area contributed by atoms with Gasteiger partial charge < -0.3 is 11.1 Å². The van der Waals surface area contributed by atoms with Crippen LogP contribution in [-0.2, 0) is 0 Å². The van der Waals surface area contributed by atoms with E-state index in [9.17, 15) is 4.39 Å². The Morgan fingerprint density at radius 3 is 3.00 bits per heavy atom. The van der Waals surface area contributed by atoms with Crippen LogP contribution in [0.25, 0.3) is 0 Å². The third-order valence-electron chi connectivity index (χ3n) is 3.23. The number of nitrogens with one attached hydrogen (secondary N) is 1. The Kier molecular flexibility index (Phi) is 3.66. The molecule has 2 rings (SSSR count). The van der Waals surface area contributed by atoms with Crippen LogP contribution in [-0.4, -0.2) is 12.6 Å². The van der Waals surface area contributed by atoms with Gasteiger partial charge in [0.1, 0.15) is 5.82 Å². The summed E-state index contributed by atoms with van der Waals surface area (Å²) in [5.41, 5.74) is 6.37. The van der Waals surface area contributed by atoms with Crippen molar-refractivity contribution in [2.24, 2.45) is 11.7 Å². The summed E-state index contributed by atoms with van der Waals surface area (Å²) in [7, 11) is 0. The molecule has 0 heterocycles. The Balaban J connectivity index is 2.11. The zero-order valence-electron chi connectivity index (χ0n) is 9.05. The van der Waals surface area contributed by atoms with Crippen LogP contribution >= 0.6 is 11.6 Å². The fourth-order valence-corrected chi connectivity index (χ4v) is 2.49. The van der Waals surface area contributed by atoms with Crippen LogP contribution in [0.1, 0.15) is 19.3 Å². The Bertz CT molecular complexity index is 370. The van der Waals surface area contributed by atoms with Crippen LogP contribution in [0, 0.1) is 11.7 Å². The summed E-state index contributed by atoms with van der Waals surface area (Å²) < 4.78 is 13.1. The second-order valence-electron chi connectivity index (χ2n) is 4.30. The number of halogens is 2. The first-order valence-electron chi connectivity index (χ1n) is 5.62. The first kappa shape index (κ1) is 11.7. The van der Waals surface area contributed by atoms with Crippen molar-refractivity contribution in [2.75, 3.05) is 11.9 Å². The van der Waals surface area contributed by atoms with Crippen molar-refractivity contribution in [3.8, 4) is 0 Å². The van der Waals surface area contributed by atoms with Crippen LogP contribution in [0.2, 0.25) is 5.02 Å². The van der Waals surface area contributed by atoms with Gasteiger partial charge >= 0.3 is 0 Å². The van der Waals surface area contributed by atoms with E-state index < -0.39 is 0 Å². The lowest BCUT2D eigenvalue weighted by Crippen LogP contribution is -2.29. The fourth-order valence-electron chi connectivity index (χ4n) is 2.32. The zero-order valence-corrected chi connectivity index (χ0v) is 9.80. The highest BCUT2D eigenvalue weighted by Gasteiger charge is 2.26. The van der Waals surface area contributed by atoms with Gasteiger partial charge in [-0.3, -0.25) is 0 Å². The summed E-state index contributed by atoms with van der Waals surface area (Å²) >= 11 is 6.01. The van der Waals surface area contributed by atoms with Crippen molar-refractivity contribution in [1.29, 1.82) is 0 Å². The molecule has 2 nitrogen and oxygen atoms in total. The summed E-state index contributed by atoms with van der Waals surface area (Å²) in [6.45, 7) is 0.671. The Labute approximate surface area is 100.0 Å². The molecule has 1 aliphatic rings. The summed E-state index contributed by atoms with van der Waals surface area (Å²) in [4.78, 5) is 0. The second-order valence-corrected chi connectivity index (χ2v) is 4.71. The van der Waals surface area contributed by atoms with E-state index in [0.29, 0.717) is 29.2 Å². The molecule has 0 spiro atoms. The summed E-state index contributed by atoms with van der Waals surface area (Å²) in [6, 6.07) is 4.70. The lowest BCUT2D eigenvalue weighted by atomic mass is 10.0. The molecule has 1 aliphatic carbocycles. The first-order valence-corrected chi connectivity index (χ1v) is 6.00. The van der Waals surface area contributed by atoms with Crippen molar-refractivity contribution in [2.45, 2.75) is 25.3 Å². The fraction of sp³-hybridized carbons (Fsp3) is 0.500. The number of nitrogens with two attached hydrogens (primary N) is 1. The average molecular weight is 243 g/mol. The molecule has 3 N–H and O–H groups in total.